The summed E-state index contributed by atoms with van der Waals surface area (Å²) in [6.07, 6.45) is -4.76. The highest BCUT2D eigenvalue weighted by Gasteiger charge is 2.62. The Morgan fingerprint density at radius 3 is 2.19 bits per heavy atom. The van der Waals surface area contributed by atoms with Gasteiger partial charge in [-0.3, -0.25) is 9.59 Å². The number of aliphatic carboxylic acids is 1. The summed E-state index contributed by atoms with van der Waals surface area (Å²) < 4.78 is 87.5. The number of carboxylic acid groups (broad SMARTS) is 1. The zero-order valence-electron chi connectivity index (χ0n) is 25.6. The molecule has 0 atom stereocenters. The van der Waals surface area contributed by atoms with Gasteiger partial charge < -0.3 is 25.4 Å². The number of amides is 2. The summed E-state index contributed by atoms with van der Waals surface area (Å²) in [5.74, 6) is -3.88. The lowest BCUT2D eigenvalue weighted by Gasteiger charge is -2.59. The minimum absolute atomic E-state index is 0.0493. The van der Waals surface area contributed by atoms with Crippen LogP contribution in [0.15, 0.2) is 24.4 Å². The monoisotopic (exact) mass is 681 g/mol. The van der Waals surface area contributed by atoms with Gasteiger partial charge in [-0.05, 0) is 92.4 Å². The van der Waals surface area contributed by atoms with E-state index in [0.717, 1.165) is 12.6 Å². The molecule has 6 aliphatic rings. The van der Waals surface area contributed by atoms with E-state index in [1.807, 2.05) is 5.32 Å². The largest absolute Gasteiger partial charge is 0.479 e. The molecular formula is C32H33F6N5O5. The molecule has 1 spiro atoms. The summed E-state index contributed by atoms with van der Waals surface area (Å²) in [4.78, 5) is 48.4. The number of hydrogen-bond donors (Lipinski definition) is 3. The predicted octanol–water partition coefficient (Wildman–Crippen LogP) is 5.00. The van der Waals surface area contributed by atoms with Crippen molar-refractivity contribution in [3.8, 4) is 0 Å². The fourth-order valence-corrected chi connectivity index (χ4v) is 9.14. The molecule has 4 aliphatic carbocycles. The number of alkyl halides is 6. The third-order valence-electron chi connectivity index (χ3n) is 11.1. The molecule has 3 heterocycles. The zero-order chi connectivity index (χ0) is 34.2. The average molecular weight is 682 g/mol. The molecule has 4 bridgehead atoms. The lowest BCUT2D eigenvalue weighted by molar-refractivity contribution is -0.163. The van der Waals surface area contributed by atoms with E-state index in [1.165, 1.54) is 23.1 Å². The van der Waals surface area contributed by atoms with Crippen molar-refractivity contribution in [2.24, 2.45) is 23.7 Å². The van der Waals surface area contributed by atoms with Crippen LogP contribution in [0.25, 0.3) is 0 Å². The molecule has 0 radical (unpaired) electrons. The van der Waals surface area contributed by atoms with Gasteiger partial charge in [-0.2, -0.15) is 26.3 Å². The summed E-state index contributed by atoms with van der Waals surface area (Å²) in [5.41, 5.74) is -3.96. The van der Waals surface area contributed by atoms with Gasteiger partial charge in [-0.15, -0.1) is 0 Å². The maximum Gasteiger partial charge on any atom is 0.434 e. The molecule has 5 fully saturated rings. The first-order valence-electron chi connectivity index (χ1n) is 15.9. The second-order valence-corrected chi connectivity index (χ2v) is 13.9. The fourth-order valence-electron chi connectivity index (χ4n) is 9.14. The molecule has 8 rings (SSSR count). The number of anilines is 2. The van der Waals surface area contributed by atoms with Crippen molar-refractivity contribution in [3.63, 3.8) is 0 Å². The second kappa shape index (κ2) is 11.3. The molecule has 1 aromatic heterocycles. The number of benzene rings is 1. The molecule has 1 saturated heterocycles. The first kappa shape index (κ1) is 32.6. The van der Waals surface area contributed by atoms with E-state index in [1.54, 1.807) is 0 Å². The van der Waals surface area contributed by atoms with E-state index in [4.69, 9.17) is 4.74 Å². The van der Waals surface area contributed by atoms with E-state index in [2.05, 4.69) is 15.3 Å². The van der Waals surface area contributed by atoms with E-state index >= 15 is 0 Å². The molecule has 4 saturated carbocycles. The normalized spacial score (nSPS) is 28.8. The highest BCUT2D eigenvalue weighted by Crippen LogP contribution is 2.58. The Morgan fingerprint density at radius 2 is 1.60 bits per heavy atom. The Labute approximate surface area is 270 Å². The minimum atomic E-state index is -5.11. The minimum Gasteiger partial charge on any atom is -0.479 e. The first-order valence-corrected chi connectivity index (χ1v) is 15.9. The van der Waals surface area contributed by atoms with Crippen LogP contribution in [0.2, 0.25) is 0 Å². The molecule has 258 valence electrons. The standard InChI is InChI=1S/C32H33F6N5O5/c33-30(34,35)14-40-25(44)18-1-2-23-22(12-18)29(3-5-48-6-4-29)15-43(23)28-39-13-21(24(41-28)32(36,37)38)26(45)42-31(27(46)47)19-8-16-7-17(10-19)11-20(31)9-16/h1-2,12-13,16-17,19-20H,3-11,14-15H2,(H,40,44)(H,42,45)(H,46,47). The van der Waals surface area contributed by atoms with Gasteiger partial charge in [0, 0.05) is 42.6 Å². The number of rotatable bonds is 6. The van der Waals surface area contributed by atoms with Gasteiger partial charge in [0.2, 0.25) is 5.95 Å². The number of ether oxygens (including phenoxy) is 1. The number of halogens is 6. The highest BCUT2D eigenvalue weighted by atomic mass is 19.4. The number of carbonyl (C=O) groups is 3. The van der Waals surface area contributed by atoms with E-state index in [9.17, 15) is 45.8 Å². The van der Waals surface area contributed by atoms with E-state index in [-0.39, 0.29) is 29.9 Å². The van der Waals surface area contributed by atoms with Gasteiger partial charge in [0.25, 0.3) is 11.8 Å². The molecular weight excluding hydrogens is 648 g/mol. The van der Waals surface area contributed by atoms with Crippen LogP contribution in [0, 0.1) is 23.7 Å². The predicted molar refractivity (Wildman–Crippen MR) is 155 cm³/mol. The zero-order valence-corrected chi connectivity index (χ0v) is 25.6. The number of carboxylic acids is 1. The van der Waals surface area contributed by atoms with Gasteiger partial charge in [-0.1, -0.05) is 0 Å². The van der Waals surface area contributed by atoms with Crippen LogP contribution in [0.3, 0.4) is 0 Å². The van der Waals surface area contributed by atoms with Crippen molar-refractivity contribution in [1.29, 1.82) is 0 Å². The molecule has 2 aromatic rings. The van der Waals surface area contributed by atoms with Gasteiger partial charge in [0.05, 0.1) is 5.56 Å². The van der Waals surface area contributed by atoms with Crippen molar-refractivity contribution >= 4 is 29.4 Å². The van der Waals surface area contributed by atoms with Crippen molar-refractivity contribution in [2.45, 2.75) is 68.3 Å². The number of carbonyl (C=O) groups excluding carboxylic acids is 2. The van der Waals surface area contributed by atoms with Crippen LogP contribution in [-0.2, 0) is 21.1 Å². The molecule has 2 amide bonds. The summed E-state index contributed by atoms with van der Waals surface area (Å²) in [6.45, 7) is -0.825. The smallest absolute Gasteiger partial charge is 0.434 e. The SMILES string of the molecule is O=C(NCC(F)(F)F)c1ccc2c(c1)C1(CCOCC1)CN2c1ncc(C(=O)NC2(C(=O)O)C3CC4CC(C3)CC2C4)c(C(F)(F)F)n1. The lowest BCUT2D eigenvalue weighted by atomic mass is 9.48. The lowest BCUT2D eigenvalue weighted by Crippen LogP contribution is -2.70. The van der Waals surface area contributed by atoms with Crippen LogP contribution in [-0.4, -0.2) is 70.9 Å². The summed E-state index contributed by atoms with van der Waals surface area (Å²) >= 11 is 0. The maximum atomic E-state index is 14.6. The first-order chi connectivity index (χ1) is 22.6. The summed E-state index contributed by atoms with van der Waals surface area (Å²) in [6, 6.07) is 4.15. The second-order valence-electron chi connectivity index (χ2n) is 13.9. The molecule has 16 heteroatoms. The van der Waals surface area contributed by atoms with Crippen molar-refractivity contribution < 1.29 is 50.6 Å². The van der Waals surface area contributed by atoms with Crippen LogP contribution < -0.4 is 15.5 Å². The number of fused-ring (bicyclic) bond motifs is 2. The molecule has 1 aromatic carbocycles. The van der Waals surface area contributed by atoms with Crippen LogP contribution >= 0.6 is 0 Å². The third-order valence-corrected chi connectivity index (χ3v) is 11.1. The van der Waals surface area contributed by atoms with E-state index in [0.29, 0.717) is 74.8 Å². The maximum absolute atomic E-state index is 14.6. The third kappa shape index (κ3) is 5.45. The molecule has 0 unspecified atom stereocenters. The van der Waals surface area contributed by atoms with Crippen LogP contribution in [0.1, 0.15) is 76.9 Å². The Balaban J connectivity index is 1.22. The molecule has 10 nitrogen and oxygen atoms in total. The Kier molecular flexibility index (Phi) is 7.68. The number of nitrogens with one attached hydrogen (secondary N) is 2. The molecule has 2 aliphatic heterocycles. The highest BCUT2D eigenvalue weighted by molar-refractivity contribution is 5.99. The summed E-state index contributed by atoms with van der Waals surface area (Å²) in [7, 11) is 0. The number of hydrogen-bond acceptors (Lipinski definition) is 7. The van der Waals surface area contributed by atoms with Gasteiger partial charge in [-0.25, -0.2) is 14.8 Å². The Bertz CT molecular complexity index is 1630. The van der Waals surface area contributed by atoms with Crippen molar-refractivity contribution in [1.82, 2.24) is 20.6 Å². The molecule has 48 heavy (non-hydrogen) atoms. The quantitative estimate of drug-likeness (QED) is 0.363. The van der Waals surface area contributed by atoms with E-state index < -0.39 is 58.9 Å². The Morgan fingerprint density at radius 1 is 0.958 bits per heavy atom. The van der Waals surface area contributed by atoms with Crippen LogP contribution in [0.5, 0.6) is 0 Å². The average Bonchev–Trinajstić information content (AvgIpc) is 3.33. The van der Waals surface area contributed by atoms with Crippen molar-refractivity contribution in [3.05, 3.63) is 46.8 Å². The topological polar surface area (TPSA) is 134 Å². The van der Waals surface area contributed by atoms with Gasteiger partial charge in [0.15, 0.2) is 5.69 Å². The van der Waals surface area contributed by atoms with Gasteiger partial charge >= 0.3 is 18.3 Å². The van der Waals surface area contributed by atoms with Crippen LogP contribution in [0.4, 0.5) is 38.0 Å². The molecule has 3 N–H and O–H groups in total. The fraction of sp³-hybridized carbons (Fsp3) is 0.594. The summed E-state index contributed by atoms with van der Waals surface area (Å²) in [5, 5.41) is 14.8. The number of aromatic nitrogens is 2. The van der Waals surface area contributed by atoms with Crippen molar-refractivity contribution in [2.75, 3.05) is 31.2 Å². The number of nitrogens with zero attached hydrogens (tertiary/aromatic N) is 3. The van der Waals surface area contributed by atoms with Gasteiger partial charge in [0.1, 0.15) is 12.1 Å². The Hall–Kier alpha value is -3.95.